The monoisotopic (exact) mass is 282 g/mol. The first-order valence-corrected chi connectivity index (χ1v) is 7.04. The molecule has 2 aromatic rings. The molecule has 1 N–H and O–H groups in total. The summed E-state index contributed by atoms with van der Waals surface area (Å²) in [4.78, 5) is 14.1. The van der Waals surface area contributed by atoms with Crippen molar-refractivity contribution in [1.29, 1.82) is 0 Å². The van der Waals surface area contributed by atoms with Gasteiger partial charge in [0.05, 0.1) is 7.11 Å². The van der Waals surface area contributed by atoms with Crippen molar-refractivity contribution in [3.63, 3.8) is 0 Å². The Morgan fingerprint density at radius 3 is 2.71 bits per heavy atom. The summed E-state index contributed by atoms with van der Waals surface area (Å²) in [7, 11) is 1.64. The number of ether oxygens (including phenoxy) is 1. The van der Waals surface area contributed by atoms with E-state index < -0.39 is 0 Å². The molecule has 0 radical (unpaired) electrons. The third kappa shape index (κ3) is 2.84. The molecule has 108 valence electrons. The standard InChI is InChI=1S/C17H18N2O2/c1-21-15-8-6-13(7-9-15)12-18-17(20)19-11-10-14-4-2-3-5-16(14)19/h2-9H,10-12H2,1H3,(H,18,20). The molecule has 2 amide bonds. The second kappa shape index (κ2) is 5.87. The minimum absolute atomic E-state index is 0.0456. The lowest BCUT2D eigenvalue weighted by Gasteiger charge is -2.18. The highest BCUT2D eigenvalue weighted by Crippen LogP contribution is 2.27. The van der Waals surface area contributed by atoms with Crippen LogP contribution in [0.2, 0.25) is 0 Å². The van der Waals surface area contributed by atoms with E-state index in [4.69, 9.17) is 4.74 Å². The van der Waals surface area contributed by atoms with Crippen LogP contribution in [0, 0.1) is 0 Å². The van der Waals surface area contributed by atoms with E-state index in [9.17, 15) is 4.79 Å². The van der Waals surface area contributed by atoms with Crippen LogP contribution < -0.4 is 15.0 Å². The summed E-state index contributed by atoms with van der Waals surface area (Å²) >= 11 is 0. The number of amides is 2. The van der Waals surface area contributed by atoms with Gasteiger partial charge in [-0.15, -0.1) is 0 Å². The number of rotatable bonds is 3. The van der Waals surface area contributed by atoms with Crippen molar-refractivity contribution in [1.82, 2.24) is 5.32 Å². The molecule has 0 saturated carbocycles. The molecule has 21 heavy (non-hydrogen) atoms. The van der Waals surface area contributed by atoms with Crippen LogP contribution in [-0.4, -0.2) is 19.7 Å². The maximum Gasteiger partial charge on any atom is 0.322 e. The van der Waals surface area contributed by atoms with Crippen molar-refractivity contribution in [3.8, 4) is 5.75 Å². The van der Waals surface area contributed by atoms with Crippen LogP contribution >= 0.6 is 0 Å². The van der Waals surface area contributed by atoms with Crippen LogP contribution in [0.3, 0.4) is 0 Å². The van der Waals surface area contributed by atoms with Gasteiger partial charge in [0.2, 0.25) is 0 Å². The van der Waals surface area contributed by atoms with Crippen LogP contribution in [0.4, 0.5) is 10.5 Å². The van der Waals surface area contributed by atoms with Crippen LogP contribution in [0.25, 0.3) is 0 Å². The normalized spacial score (nSPS) is 12.9. The number of hydrogen-bond donors (Lipinski definition) is 1. The second-order valence-corrected chi connectivity index (χ2v) is 5.04. The van der Waals surface area contributed by atoms with Crippen molar-refractivity contribution in [2.75, 3.05) is 18.6 Å². The Bertz CT molecular complexity index is 637. The molecule has 0 saturated heterocycles. The van der Waals surface area contributed by atoms with Gasteiger partial charge in [0, 0.05) is 18.8 Å². The van der Waals surface area contributed by atoms with Crippen molar-refractivity contribution < 1.29 is 9.53 Å². The van der Waals surface area contributed by atoms with Gasteiger partial charge in [0.25, 0.3) is 0 Å². The fourth-order valence-corrected chi connectivity index (χ4v) is 2.57. The van der Waals surface area contributed by atoms with Gasteiger partial charge in [0.1, 0.15) is 5.75 Å². The number of nitrogens with one attached hydrogen (secondary N) is 1. The highest BCUT2D eigenvalue weighted by molar-refractivity contribution is 5.94. The first-order chi connectivity index (χ1) is 10.3. The molecule has 2 aromatic carbocycles. The molecule has 1 aliphatic heterocycles. The SMILES string of the molecule is COc1ccc(CNC(=O)N2CCc3ccccc32)cc1. The van der Waals surface area contributed by atoms with E-state index in [-0.39, 0.29) is 6.03 Å². The minimum Gasteiger partial charge on any atom is -0.497 e. The molecule has 3 rings (SSSR count). The summed E-state index contributed by atoms with van der Waals surface area (Å²) in [5.41, 5.74) is 3.30. The molecule has 0 unspecified atom stereocenters. The smallest absolute Gasteiger partial charge is 0.322 e. The average Bonchev–Trinajstić information content (AvgIpc) is 2.97. The van der Waals surface area contributed by atoms with E-state index >= 15 is 0 Å². The Kier molecular flexibility index (Phi) is 3.77. The van der Waals surface area contributed by atoms with Crippen LogP contribution in [0.15, 0.2) is 48.5 Å². The molecule has 0 bridgehead atoms. The molecule has 1 heterocycles. The van der Waals surface area contributed by atoms with Crippen molar-refractivity contribution >= 4 is 11.7 Å². The predicted octanol–water partition coefficient (Wildman–Crippen LogP) is 2.97. The molecule has 0 atom stereocenters. The second-order valence-electron chi connectivity index (χ2n) is 5.04. The van der Waals surface area contributed by atoms with Crippen LogP contribution in [0.1, 0.15) is 11.1 Å². The first-order valence-electron chi connectivity index (χ1n) is 7.04. The summed E-state index contributed by atoms with van der Waals surface area (Å²) in [6.07, 6.45) is 0.923. The minimum atomic E-state index is -0.0456. The van der Waals surface area contributed by atoms with E-state index in [2.05, 4.69) is 11.4 Å². The molecular weight excluding hydrogens is 264 g/mol. The fraction of sp³-hybridized carbons (Fsp3) is 0.235. The fourth-order valence-electron chi connectivity index (χ4n) is 2.57. The Labute approximate surface area is 124 Å². The first kappa shape index (κ1) is 13.5. The number of benzene rings is 2. The van der Waals surface area contributed by atoms with Crippen molar-refractivity contribution in [2.24, 2.45) is 0 Å². The van der Waals surface area contributed by atoms with Gasteiger partial charge in [-0.3, -0.25) is 4.90 Å². The molecule has 0 fully saturated rings. The zero-order valence-electron chi connectivity index (χ0n) is 12.0. The third-order valence-corrected chi connectivity index (χ3v) is 3.74. The Morgan fingerprint density at radius 1 is 1.19 bits per heavy atom. The van der Waals surface area contributed by atoms with Gasteiger partial charge in [0.15, 0.2) is 0 Å². The Hall–Kier alpha value is -2.49. The van der Waals surface area contributed by atoms with E-state index in [0.717, 1.165) is 30.0 Å². The highest BCUT2D eigenvalue weighted by atomic mass is 16.5. The van der Waals surface area contributed by atoms with Crippen molar-refractivity contribution in [3.05, 3.63) is 59.7 Å². The lowest BCUT2D eigenvalue weighted by atomic mass is 10.2. The van der Waals surface area contributed by atoms with Gasteiger partial charge in [-0.25, -0.2) is 4.79 Å². The largest absolute Gasteiger partial charge is 0.497 e. The molecule has 0 aromatic heterocycles. The van der Waals surface area contributed by atoms with E-state index in [1.807, 2.05) is 42.5 Å². The lowest BCUT2D eigenvalue weighted by Crippen LogP contribution is -2.38. The molecular formula is C17H18N2O2. The Balaban J connectivity index is 1.62. The number of carbonyl (C=O) groups is 1. The summed E-state index contributed by atoms with van der Waals surface area (Å²) in [5, 5.41) is 2.97. The summed E-state index contributed by atoms with van der Waals surface area (Å²) in [5.74, 6) is 0.818. The van der Waals surface area contributed by atoms with Gasteiger partial charge < -0.3 is 10.1 Å². The topological polar surface area (TPSA) is 41.6 Å². The number of urea groups is 1. The van der Waals surface area contributed by atoms with Crippen LogP contribution in [0.5, 0.6) is 5.75 Å². The lowest BCUT2D eigenvalue weighted by molar-refractivity contribution is 0.246. The summed E-state index contributed by atoms with van der Waals surface area (Å²) < 4.78 is 5.12. The number of methoxy groups -OCH3 is 1. The van der Waals surface area contributed by atoms with E-state index in [1.54, 1.807) is 12.0 Å². The van der Waals surface area contributed by atoms with E-state index in [0.29, 0.717) is 6.54 Å². The number of hydrogen-bond acceptors (Lipinski definition) is 2. The summed E-state index contributed by atoms with van der Waals surface area (Å²) in [6, 6.07) is 15.7. The molecule has 0 spiro atoms. The van der Waals surface area contributed by atoms with E-state index in [1.165, 1.54) is 5.56 Å². The average molecular weight is 282 g/mol. The Morgan fingerprint density at radius 2 is 1.95 bits per heavy atom. The van der Waals surface area contributed by atoms with Gasteiger partial charge in [-0.05, 0) is 35.7 Å². The van der Waals surface area contributed by atoms with Crippen molar-refractivity contribution in [2.45, 2.75) is 13.0 Å². The van der Waals surface area contributed by atoms with Crippen LogP contribution in [-0.2, 0) is 13.0 Å². The number of carbonyl (C=O) groups excluding carboxylic acids is 1. The predicted molar refractivity (Wildman–Crippen MR) is 82.7 cm³/mol. The van der Waals surface area contributed by atoms with Gasteiger partial charge >= 0.3 is 6.03 Å². The molecule has 4 nitrogen and oxygen atoms in total. The zero-order valence-corrected chi connectivity index (χ0v) is 12.0. The van der Waals surface area contributed by atoms with Gasteiger partial charge in [-0.1, -0.05) is 30.3 Å². The quantitative estimate of drug-likeness (QED) is 0.940. The maximum atomic E-state index is 12.3. The van der Waals surface area contributed by atoms with Gasteiger partial charge in [-0.2, -0.15) is 0 Å². The third-order valence-electron chi connectivity index (χ3n) is 3.74. The molecule has 0 aliphatic carbocycles. The molecule has 4 heteroatoms. The zero-order chi connectivity index (χ0) is 14.7. The highest BCUT2D eigenvalue weighted by Gasteiger charge is 2.23. The number of nitrogens with zero attached hydrogens (tertiary/aromatic N) is 1. The number of fused-ring (bicyclic) bond motifs is 1. The number of para-hydroxylation sites is 1. The maximum absolute atomic E-state index is 12.3. The number of anilines is 1. The molecule has 1 aliphatic rings. The summed E-state index contributed by atoms with van der Waals surface area (Å²) in [6.45, 7) is 1.26.